The summed E-state index contributed by atoms with van der Waals surface area (Å²) in [4.78, 5) is 2.48. The number of aliphatic hydroxyl groups is 1. The van der Waals surface area contributed by atoms with Gasteiger partial charge in [-0.05, 0) is 36.0 Å². The lowest BCUT2D eigenvalue weighted by molar-refractivity contribution is 0.128. The average molecular weight is 360 g/mol. The standard InChI is InChI=1S/C25H29NO/c1-21(25-15-9-4-10-16-25)26(18-23-13-7-3-8-14-23)19-24(20-27)17-22-11-5-2-6-12-22/h2-16,21,24,27H,17-20H2,1H3/t21-,24-/m0/s1. The van der Waals surface area contributed by atoms with Crippen LogP contribution in [0.15, 0.2) is 91.0 Å². The van der Waals surface area contributed by atoms with Gasteiger partial charge in [0, 0.05) is 25.7 Å². The van der Waals surface area contributed by atoms with Crippen molar-refractivity contribution in [3.63, 3.8) is 0 Å². The van der Waals surface area contributed by atoms with Crippen LogP contribution in [0, 0.1) is 5.92 Å². The minimum Gasteiger partial charge on any atom is -0.396 e. The quantitative estimate of drug-likeness (QED) is 0.574. The predicted molar refractivity (Wildman–Crippen MR) is 112 cm³/mol. The molecule has 0 heterocycles. The van der Waals surface area contributed by atoms with Crippen LogP contribution in [0.3, 0.4) is 0 Å². The van der Waals surface area contributed by atoms with E-state index in [0.29, 0.717) is 0 Å². The van der Waals surface area contributed by atoms with Crippen LogP contribution in [-0.2, 0) is 13.0 Å². The van der Waals surface area contributed by atoms with Crippen molar-refractivity contribution in [3.8, 4) is 0 Å². The molecule has 0 spiro atoms. The maximum atomic E-state index is 10.0. The fraction of sp³-hybridized carbons (Fsp3) is 0.280. The van der Waals surface area contributed by atoms with Gasteiger partial charge in [0.05, 0.1) is 0 Å². The summed E-state index contributed by atoms with van der Waals surface area (Å²) in [5.74, 6) is 0.210. The molecule has 140 valence electrons. The van der Waals surface area contributed by atoms with Gasteiger partial charge in [0.25, 0.3) is 0 Å². The molecule has 0 saturated heterocycles. The van der Waals surface area contributed by atoms with Crippen molar-refractivity contribution in [1.82, 2.24) is 4.90 Å². The van der Waals surface area contributed by atoms with Crippen LogP contribution in [0.2, 0.25) is 0 Å². The Labute approximate surface area is 163 Å². The van der Waals surface area contributed by atoms with Crippen LogP contribution < -0.4 is 0 Å². The van der Waals surface area contributed by atoms with E-state index in [2.05, 4.69) is 96.8 Å². The summed E-state index contributed by atoms with van der Waals surface area (Å²) in [6.45, 7) is 4.19. The zero-order valence-electron chi connectivity index (χ0n) is 16.0. The van der Waals surface area contributed by atoms with Crippen LogP contribution in [-0.4, -0.2) is 23.2 Å². The number of hydrogen-bond donors (Lipinski definition) is 1. The number of rotatable bonds is 9. The lowest BCUT2D eigenvalue weighted by Crippen LogP contribution is -2.34. The number of hydrogen-bond acceptors (Lipinski definition) is 2. The van der Waals surface area contributed by atoms with E-state index in [1.165, 1.54) is 16.7 Å². The molecule has 0 aliphatic rings. The van der Waals surface area contributed by atoms with Crippen molar-refractivity contribution in [3.05, 3.63) is 108 Å². The Bertz CT molecular complexity index is 773. The average Bonchev–Trinajstić information content (AvgIpc) is 2.74. The lowest BCUT2D eigenvalue weighted by Gasteiger charge is -2.32. The van der Waals surface area contributed by atoms with Crippen molar-refractivity contribution in [2.24, 2.45) is 5.92 Å². The first-order valence-electron chi connectivity index (χ1n) is 9.74. The Morgan fingerprint density at radius 2 is 1.26 bits per heavy atom. The van der Waals surface area contributed by atoms with Crippen LogP contribution >= 0.6 is 0 Å². The van der Waals surface area contributed by atoms with Crippen molar-refractivity contribution >= 4 is 0 Å². The molecule has 2 nitrogen and oxygen atoms in total. The molecular weight excluding hydrogens is 330 g/mol. The smallest absolute Gasteiger partial charge is 0.0474 e. The van der Waals surface area contributed by atoms with Crippen molar-refractivity contribution in [1.29, 1.82) is 0 Å². The van der Waals surface area contributed by atoms with Gasteiger partial charge in [0.15, 0.2) is 0 Å². The second kappa shape index (κ2) is 10.1. The van der Waals surface area contributed by atoms with Gasteiger partial charge in [-0.15, -0.1) is 0 Å². The molecule has 0 saturated carbocycles. The Balaban J connectivity index is 1.77. The van der Waals surface area contributed by atoms with E-state index in [4.69, 9.17) is 0 Å². The largest absolute Gasteiger partial charge is 0.396 e. The van der Waals surface area contributed by atoms with E-state index >= 15 is 0 Å². The SMILES string of the molecule is C[C@@H](c1ccccc1)N(Cc1ccccc1)C[C@@H](CO)Cc1ccccc1. The molecule has 2 atom stereocenters. The first-order valence-corrected chi connectivity index (χ1v) is 9.74. The summed E-state index contributed by atoms with van der Waals surface area (Å²) in [6, 6.07) is 32.0. The number of nitrogens with zero attached hydrogens (tertiary/aromatic N) is 1. The third kappa shape index (κ3) is 5.78. The van der Waals surface area contributed by atoms with Gasteiger partial charge in [-0.1, -0.05) is 91.0 Å². The molecule has 0 radical (unpaired) electrons. The van der Waals surface area contributed by atoms with Gasteiger partial charge in [-0.2, -0.15) is 0 Å². The monoisotopic (exact) mass is 359 g/mol. The molecule has 3 rings (SSSR count). The predicted octanol–water partition coefficient (Wildman–Crippen LogP) is 5.10. The van der Waals surface area contributed by atoms with E-state index in [0.717, 1.165) is 19.5 Å². The van der Waals surface area contributed by atoms with Crippen LogP contribution in [0.1, 0.15) is 29.7 Å². The molecule has 0 amide bonds. The third-order valence-corrected chi connectivity index (χ3v) is 5.18. The zero-order chi connectivity index (χ0) is 18.9. The first kappa shape index (κ1) is 19.3. The van der Waals surface area contributed by atoms with E-state index in [1.54, 1.807) is 0 Å². The molecule has 27 heavy (non-hydrogen) atoms. The number of benzene rings is 3. The minimum absolute atomic E-state index is 0.196. The molecule has 0 fully saturated rings. The summed E-state index contributed by atoms with van der Waals surface area (Å²) in [7, 11) is 0. The van der Waals surface area contributed by atoms with Crippen LogP contribution in [0.4, 0.5) is 0 Å². The van der Waals surface area contributed by atoms with Gasteiger partial charge in [0.1, 0.15) is 0 Å². The first-order chi connectivity index (χ1) is 13.3. The summed E-state index contributed by atoms with van der Waals surface area (Å²) in [5, 5.41) is 10.0. The van der Waals surface area contributed by atoms with E-state index in [1.807, 2.05) is 6.07 Å². The van der Waals surface area contributed by atoms with E-state index in [-0.39, 0.29) is 18.6 Å². The Morgan fingerprint density at radius 1 is 0.741 bits per heavy atom. The highest BCUT2D eigenvalue weighted by atomic mass is 16.3. The van der Waals surface area contributed by atoms with Crippen molar-refractivity contribution in [2.75, 3.05) is 13.2 Å². The van der Waals surface area contributed by atoms with Gasteiger partial charge >= 0.3 is 0 Å². The summed E-state index contributed by atoms with van der Waals surface area (Å²) in [6.07, 6.45) is 0.893. The molecule has 1 N–H and O–H groups in total. The van der Waals surface area contributed by atoms with Gasteiger partial charge in [0.2, 0.25) is 0 Å². The fourth-order valence-corrected chi connectivity index (χ4v) is 3.59. The van der Waals surface area contributed by atoms with Crippen LogP contribution in [0.5, 0.6) is 0 Å². The van der Waals surface area contributed by atoms with Gasteiger partial charge in [-0.3, -0.25) is 4.90 Å². The molecule has 0 aromatic heterocycles. The summed E-state index contributed by atoms with van der Waals surface area (Å²) >= 11 is 0. The molecule has 0 aliphatic carbocycles. The highest BCUT2D eigenvalue weighted by molar-refractivity contribution is 5.20. The summed E-state index contributed by atoms with van der Waals surface area (Å²) < 4.78 is 0. The van der Waals surface area contributed by atoms with Crippen LogP contribution in [0.25, 0.3) is 0 Å². The third-order valence-electron chi connectivity index (χ3n) is 5.18. The molecule has 3 aromatic carbocycles. The van der Waals surface area contributed by atoms with Crippen molar-refractivity contribution < 1.29 is 5.11 Å². The number of aliphatic hydroxyl groups excluding tert-OH is 1. The highest BCUT2D eigenvalue weighted by Gasteiger charge is 2.20. The summed E-state index contributed by atoms with van der Waals surface area (Å²) in [5.41, 5.74) is 3.89. The fourth-order valence-electron chi connectivity index (χ4n) is 3.59. The van der Waals surface area contributed by atoms with Gasteiger partial charge < -0.3 is 5.11 Å². The maximum Gasteiger partial charge on any atom is 0.0474 e. The van der Waals surface area contributed by atoms with E-state index in [9.17, 15) is 5.11 Å². The molecule has 2 heteroatoms. The second-order valence-corrected chi connectivity index (χ2v) is 7.24. The Kier molecular flexibility index (Phi) is 7.20. The van der Waals surface area contributed by atoms with E-state index < -0.39 is 0 Å². The maximum absolute atomic E-state index is 10.0. The topological polar surface area (TPSA) is 23.5 Å². The molecule has 3 aromatic rings. The van der Waals surface area contributed by atoms with Crippen molar-refractivity contribution in [2.45, 2.75) is 25.9 Å². The second-order valence-electron chi connectivity index (χ2n) is 7.24. The minimum atomic E-state index is 0.196. The Morgan fingerprint density at radius 3 is 1.81 bits per heavy atom. The molecule has 0 bridgehead atoms. The highest BCUT2D eigenvalue weighted by Crippen LogP contribution is 2.24. The van der Waals surface area contributed by atoms with Gasteiger partial charge in [-0.25, -0.2) is 0 Å². The molecule has 0 aliphatic heterocycles. The Hall–Kier alpha value is -2.42. The molecular formula is C25H29NO. The molecule has 0 unspecified atom stereocenters. The zero-order valence-corrected chi connectivity index (χ0v) is 16.0. The lowest BCUT2D eigenvalue weighted by atomic mass is 9.97. The normalized spacial score (nSPS) is 13.4.